The highest BCUT2D eigenvalue weighted by molar-refractivity contribution is 7.79. The van der Waals surface area contributed by atoms with E-state index in [9.17, 15) is 0 Å². The molecule has 1 N–H and O–H groups in total. The molecule has 0 fully saturated rings. The van der Waals surface area contributed by atoms with Crippen molar-refractivity contribution >= 4 is 17.6 Å². The molecule has 3 heteroatoms. The van der Waals surface area contributed by atoms with Gasteiger partial charge in [0.2, 0.25) is 0 Å². The minimum atomic E-state index is 0.884. The molecular formula is C4H4N2S. The average molecular weight is 112 g/mol. The fraction of sp³-hybridized carbons (Fsp3) is 0. The zero-order chi connectivity index (χ0) is 5.11. The van der Waals surface area contributed by atoms with Crippen LogP contribution in [0.1, 0.15) is 5.69 Å². The molecule has 1 aromatic rings. The molecular weight excluding hydrogens is 108 g/mol. The summed E-state index contributed by atoms with van der Waals surface area (Å²) in [4.78, 5) is 6.56. The van der Waals surface area contributed by atoms with E-state index in [-0.39, 0.29) is 0 Å². The molecule has 0 aliphatic carbocycles. The molecule has 0 saturated heterocycles. The molecule has 0 radical (unpaired) electrons. The first kappa shape index (κ1) is 4.46. The number of hydrogen-bond acceptors (Lipinski definition) is 2. The normalized spacial score (nSPS) is 8.57. The minimum Gasteiger partial charge on any atom is -0.344 e. The van der Waals surface area contributed by atoms with E-state index in [0.717, 1.165) is 5.69 Å². The molecule has 0 saturated carbocycles. The predicted molar refractivity (Wildman–Crippen MR) is 31.3 cm³/mol. The minimum absolute atomic E-state index is 0.884. The average Bonchev–Trinajstić information content (AvgIpc) is 2.14. The van der Waals surface area contributed by atoms with Crippen molar-refractivity contribution in [2.24, 2.45) is 0 Å². The largest absolute Gasteiger partial charge is 0.344 e. The first-order valence-corrected chi connectivity index (χ1v) is 2.34. The van der Waals surface area contributed by atoms with Crippen LogP contribution in [0.3, 0.4) is 0 Å². The second-order valence-corrected chi connectivity index (χ2v) is 1.36. The second-order valence-electron chi connectivity index (χ2n) is 1.12. The SMILES string of the molecule is S=Cc1cnc[nH]1. The third-order valence-corrected chi connectivity index (χ3v) is 0.900. The summed E-state index contributed by atoms with van der Waals surface area (Å²) in [5.41, 5.74) is 0.884. The van der Waals surface area contributed by atoms with Crippen molar-refractivity contribution < 1.29 is 0 Å². The maximum atomic E-state index is 4.58. The molecule has 0 aromatic carbocycles. The van der Waals surface area contributed by atoms with Crippen LogP contribution in [0.25, 0.3) is 0 Å². The summed E-state index contributed by atoms with van der Waals surface area (Å²) >= 11 is 4.58. The molecule has 1 heterocycles. The highest BCUT2D eigenvalue weighted by atomic mass is 32.1. The van der Waals surface area contributed by atoms with Crippen molar-refractivity contribution in [1.82, 2.24) is 9.97 Å². The van der Waals surface area contributed by atoms with Gasteiger partial charge >= 0.3 is 0 Å². The van der Waals surface area contributed by atoms with Crippen LogP contribution in [0.5, 0.6) is 0 Å². The first-order chi connectivity index (χ1) is 3.43. The topological polar surface area (TPSA) is 28.7 Å². The molecule has 0 aliphatic heterocycles. The van der Waals surface area contributed by atoms with Crippen molar-refractivity contribution in [1.29, 1.82) is 0 Å². The van der Waals surface area contributed by atoms with Crippen LogP contribution in [0.15, 0.2) is 12.5 Å². The van der Waals surface area contributed by atoms with Gasteiger partial charge in [0, 0.05) is 5.37 Å². The van der Waals surface area contributed by atoms with Crippen LogP contribution in [-0.2, 0) is 0 Å². The van der Waals surface area contributed by atoms with Gasteiger partial charge in [-0.3, -0.25) is 0 Å². The lowest BCUT2D eigenvalue weighted by Gasteiger charge is -1.70. The second kappa shape index (κ2) is 1.84. The molecule has 0 bridgehead atoms. The van der Waals surface area contributed by atoms with Crippen LogP contribution >= 0.6 is 12.2 Å². The number of imidazole rings is 1. The monoisotopic (exact) mass is 112 g/mol. The van der Waals surface area contributed by atoms with Gasteiger partial charge < -0.3 is 4.98 Å². The predicted octanol–water partition coefficient (Wildman–Crippen LogP) is 0.757. The molecule has 0 atom stereocenters. The Balaban J connectivity index is 2.96. The molecule has 0 spiro atoms. The summed E-state index contributed by atoms with van der Waals surface area (Å²) in [5, 5.41) is 1.55. The quantitative estimate of drug-likeness (QED) is 0.543. The fourth-order valence-corrected chi connectivity index (χ4v) is 0.460. The summed E-state index contributed by atoms with van der Waals surface area (Å²) in [6.07, 6.45) is 3.27. The van der Waals surface area contributed by atoms with Crippen LogP contribution in [0.2, 0.25) is 0 Å². The van der Waals surface area contributed by atoms with E-state index >= 15 is 0 Å². The van der Waals surface area contributed by atoms with E-state index in [0.29, 0.717) is 0 Å². The number of nitrogens with zero attached hydrogens (tertiary/aromatic N) is 1. The third kappa shape index (κ3) is 0.838. The van der Waals surface area contributed by atoms with E-state index in [4.69, 9.17) is 0 Å². The molecule has 0 amide bonds. The van der Waals surface area contributed by atoms with E-state index in [1.165, 1.54) is 0 Å². The number of rotatable bonds is 1. The lowest BCUT2D eigenvalue weighted by atomic mass is 10.6. The number of thiocarbonyl (C=S) groups is 1. The van der Waals surface area contributed by atoms with Crippen molar-refractivity contribution in [2.75, 3.05) is 0 Å². The number of hydrogen-bond donors (Lipinski definition) is 1. The maximum Gasteiger partial charge on any atom is 0.0924 e. The Bertz CT molecular complexity index is 145. The molecule has 36 valence electrons. The van der Waals surface area contributed by atoms with Crippen LogP contribution < -0.4 is 0 Å². The van der Waals surface area contributed by atoms with Crippen molar-refractivity contribution in [3.05, 3.63) is 18.2 Å². The molecule has 2 nitrogen and oxygen atoms in total. The number of H-pyrrole nitrogens is 1. The van der Waals surface area contributed by atoms with E-state index in [1.54, 1.807) is 17.9 Å². The standard InChI is InChI=1S/C4H4N2S/c7-2-4-1-5-3-6-4/h1-3H,(H,5,6). The Labute approximate surface area is 46.6 Å². The summed E-state index contributed by atoms with van der Waals surface area (Å²) < 4.78 is 0. The van der Waals surface area contributed by atoms with Gasteiger partial charge in [0.15, 0.2) is 0 Å². The zero-order valence-corrected chi connectivity index (χ0v) is 4.40. The third-order valence-electron chi connectivity index (χ3n) is 0.646. The maximum absolute atomic E-state index is 4.58. The van der Waals surface area contributed by atoms with Crippen LogP contribution in [-0.4, -0.2) is 15.3 Å². The van der Waals surface area contributed by atoms with Crippen molar-refractivity contribution in [3.8, 4) is 0 Å². The van der Waals surface area contributed by atoms with E-state index in [1.807, 2.05) is 0 Å². The number of aromatic amines is 1. The van der Waals surface area contributed by atoms with Crippen LogP contribution in [0, 0.1) is 0 Å². The van der Waals surface area contributed by atoms with Gasteiger partial charge in [-0.1, -0.05) is 12.2 Å². The van der Waals surface area contributed by atoms with Crippen LogP contribution in [0.4, 0.5) is 0 Å². The summed E-state index contributed by atoms with van der Waals surface area (Å²) in [7, 11) is 0. The molecule has 1 aromatic heterocycles. The van der Waals surface area contributed by atoms with Gasteiger partial charge in [0.1, 0.15) is 0 Å². The van der Waals surface area contributed by atoms with Crippen molar-refractivity contribution in [3.63, 3.8) is 0 Å². The molecule has 0 aliphatic rings. The Morgan fingerprint density at radius 3 is 3.00 bits per heavy atom. The Morgan fingerprint density at radius 1 is 1.86 bits per heavy atom. The molecule has 1 rings (SSSR count). The zero-order valence-electron chi connectivity index (χ0n) is 3.59. The fourth-order valence-electron chi connectivity index (χ4n) is 0.331. The van der Waals surface area contributed by atoms with E-state index in [2.05, 4.69) is 22.2 Å². The first-order valence-electron chi connectivity index (χ1n) is 1.87. The van der Waals surface area contributed by atoms with Crippen molar-refractivity contribution in [2.45, 2.75) is 0 Å². The summed E-state index contributed by atoms with van der Waals surface area (Å²) in [5.74, 6) is 0. The molecule has 7 heavy (non-hydrogen) atoms. The van der Waals surface area contributed by atoms with Gasteiger partial charge in [0.05, 0.1) is 18.2 Å². The number of aromatic nitrogens is 2. The van der Waals surface area contributed by atoms with Gasteiger partial charge in [0.25, 0.3) is 0 Å². The Morgan fingerprint density at radius 2 is 2.71 bits per heavy atom. The number of nitrogens with one attached hydrogen (secondary N) is 1. The lowest BCUT2D eigenvalue weighted by molar-refractivity contribution is 1.31. The Kier molecular flexibility index (Phi) is 1.17. The lowest BCUT2D eigenvalue weighted by Crippen LogP contribution is -1.70. The van der Waals surface area contributed by atoms with E-state index < -0.39 is 0 Å². The summed E-state index contributed by atoms with van der Waals surface area (Å²) in [6, 6.07) is 0. The smallest absolute Gasteiger partial charge is 0.0924 e. The molecule has 0 unspecified atom stereocenters. The van der Waals surface area contributed by atoms with Gasteiger partial charge in [-0.05, 0) is 0 Å². The van der Waals surface area contributed by atoms with Gasteiger partial charge in [-0.15, -0.1) is 0 Å². The van der Waals surface area contributed by atoms with Gasteiger partial charge in [-0.2, -0.15) is 0 Å². The summed E-state index contributed by atoms with van der Waals surface area (Å²) in [6.45, 7) is 0. The highest BCUT2D eigenvalue weighted by Gasteiger charge is 1.79. The van der Waals surface area contributed by atoms with Gasteiger partial charge in [-0.25, -0.2) is 4.98 Å². The Hall–Kier alpha value is -0.700. The highest BCUT2D eigenvalue weighted by Crippen LogP contribution is 1.81.